The molecule has 0 fully saturated rings. The van der Waals surface area contributed by atoms with Gasteiger partial charge in [-0.1, -0.05) is 54.6 Å². The van der Waals surface area contributed by atoms with Crippen LogP contribution in [0.3, 0.4) is 0 Å². The second-order valence-corrected chi connectivity index (χ2v) is 5.26. The van der Waals surface area contributed by atoms with Crippen molar-refractivity contribution in [1.82, 2.24) is 0 Å². The molecule has 3 aromatic carbocycles. The Morgan fingerprint density at radius 2 is 1.58 bits per heavy atom. The minimum atomic E-state index is -0.456. The van der Waals surface area contributed by atoms with Crippen molar-refractivity contribution >= 4 is 22.9 Å². The van der Waals surface area contributed by atoms with Crippen molar-refractivity contribution in [3.8, 4) is 0 Å². The highest BCUT2D eigenvalue weighted by Gasteiger charge is 2.06. The fourth-order valence-electron chi connectivity index (χ4n) is 2.14. The van der Waals surface area contributed by atoms with Crippen molar-refractivity contribution in [2.24, 2.45) is 15.3 Å². The summed E-state index contributed by atoms with van der Waals surface area (Å²) in [5, 5.41) is 23.5. The maximum Gasteiger partial charge on any atom is 0.271 e. The molecule has 0 aromatic heterocycles. The minimum absolute atomic E-state index is 0.0163. The molecule has 0 radical (unpaired) electrons. The van der Waals surface area contributed by atoms with Gasteiger partial charge in [0.15, 0.2) is 0 Å². The predicted octanol–water partition coefficient (Wildman–Crippen LogP) is 5.15. The van der Waals surface area contributed by atoms with E-state index in [1.165, 1.54) is 12.1 Å². The number of benzene rings is 3. The maximum atomic E-state index is 10.9. The average Bonchev–Trinajstić information content (AvgIpc) is 2.69. The molecule has 0 saturated heterocycles. The van der Waals surface area contributed by atoms with E-state index in [1.807, 2.05) is 60.7 Å². The van der Waals surface area contributed by atoms with Crippen molar-refractivity contribution in [1.29, 1.82) is 0 Å². The van der Waals surface area contributed by atoms with E-state index in [9.17, 15) is 10.1 Å². The Bertz CT molecular complexity index is 940. The SMILES string of the molecule is O=[N+]([O-])c1cccc(NN=C(N=Nc2ccccc2)c2ccccc2)c1. The molecule has 26 heavy (non-hydrogen) atoms. The number of nitrogens with one attached hydrogen (secondary N) is 1. The van der Waals surface area contributed by atoms with Crippen LogP contribution in [0.1, 0.15) is 5.56 Å². The highest BCUT2D eigenvalue weighted by Crippen LogP contribution is 2.18. The van der Waals surface area contributed by atoms with Gasteiger partial charge in [0.2, 0.25) is 5.84 Å². The van der Waals surface area contributed by atoms with Gasteiger partial charge in [-0.3, -0.25) is 15.5 Å². The van der Waals surface area contributed by atoms with Crippen LogP contribution in [0.25, 0.3) is 0 Å². The summed E-state index contributed by atoms with van der Waals surface area (Å²) in [6.07, 6.45) is 0. The molecule has 1 N–H and O–H groups in total. The first-order chi connectivity index (χ1) is 12.7. The third kappa shape index (κ3) is 4.57. The number of hydrogen-bond acceptors (Lipinski definition) is 5. The van der Waals surface area contributed by atoms with Gasteiger partial charge in [0.05, 0.1) is 16.3 Å². The topological polar surface area (TPSA) is 92.2 Å². The van der Waals surface area contributed by atoms with E-state index >= 15 is 0 Å². The van der Waals surface area contributed by atoms with Crippen LogP contribution in [0.2, 0.25) is 0 Å². The number of rotatable bonds is 5. The zero-order valence-corrected chi connectivity index (χ0v) is 13.7. The van der Waals surface area contributed by atoms with Crippen molar-refractivity contribution < 1.29 is 4.92 Å². The summed E-state index contributed by atoms with van der Waals surface area (Å²) in [7, 11) is 0. The lowest BCUT2D eigenvalue weighted by molar-refractivity contribution is -0.384. The number of nitrogens with zero attached hydrogens (tertiary/aromatic N) is 4. The average molecular weight is 345 g/mol. The molecular weight excluding hydrogens is 330 g/mol. The lowest BCUT2D eigenvalue weighted by Gasteiger charge is -2.03. The zero-order chi connectivity index (χ0) is 18.2. The standard InChI is InChI=1S/C19H15N5O2/c25-24(26)18-13-7-12-17(14-18)21-23-19(15-8-3-1-4-9-15)22-20-16-10-5-2-6-11-16/h1-14,21H. The molecule has 0 spiro atoms. The molecule has 0 heterocycles. The van der Waals surface area contributed by atoms with E-state index in [1.54, 1.807) is 12.1 Å². The zero-order valence-electron chi connectivity index (χ0n) is 13.7. The number of nitro groups is 1. The normalized spacial score (nSPS) is 11.5. The highest BCUT2D eigenvalue weighted by atomic mass is 16.6. The molecule has 0 aliphatic carbocycles. The van der Waals surface area contributed by atoms with E-state index < -0.39 is 4.92 Å². The number of non-ortho nitro benzene ring substituents is 1. The molecule has 7 heteroatoms. The van der Waals surface area contributed by atoms with Crippen LogP contribution in [0.15, 0.2) is 100 Å². The van der Waals surface area contributed by atoms with Crippen LogP contribution in [0.4, 0.5) is 17.1 Å². The second-order valence-electron chi connectivity index (χ2n) is 5.26. The van der Waals surface area contributed by atoms with Gasteiger partial charge in [-0.05, 0) is 18.2 Å². The summed E-state index contributed by atoms with van der Waals surface area (Å²) in [5.41, 5.74) is 4.75. The molecular formula is C19H15N5O2. The number of hydrazone groups is 1. The molecule has 0 unspecified atom stereocenters. The number of anilines is 1. The fraction of sp³-hybridized carbons (Fsp3) is 0. The number of nitro benzene ring substituents is 1. The van der Waals surface area contributed by atoms with Crippen LogP contribution in [-0.4, -0.2) is 10.8 Å². The molecule has 0 saturated carbocycles. The van der Waals surface area contributed by atoms with Gasteiger partial charge in [-0.25, -0.2) is 0 Å². The Labute approximate surface area is 149 Å². The van der Waals surface area contributed by atoms with Crippen LogP contribution in [-0.2, 0) is 0 Å². The summed E-state index contributed by atoms with van der Waals surface area (Å²) in [6, 6.07) is 24.8. The largest absolute Gasteiger partial charge is 0.276 e. The molecule has 7 nitrogen and oxygen atoms in total. The molecule has 0 amide bonds. The minimum Gasteiger partial charge on any atom is -0.276 e. The molecule has 0 atom stereocenters. The lowest BCUT2D eigenvalue weighted by atomic mass is 10.2. The smallest absolute Gasteiger partial charge is 0.271 e. The van der Waals surface area contributed by atoms with Crippen molar-refractivity contribution in [3.05, 3.63) is 101 Å². The first-order valence-corrected chi connectivity index (χ1v) is 7.83. The molecule has 0 bridgehead atoms. The molecule has 0 aliphatic heterocycles. The quantitative estimate of drug-likeness (QED) is 0.228. The number of azo groups is 1. The van der Waals surface area contributed by atoms with Gasteiger partial charge >= 0.3 is 0 Å². The van der Waals surface area contributed by atoms with Crippen LogP contribution in [0, 0.1) is 10.1 Å². The highest BCUT2D eigenvalue weighted by molar-refractivity contribution is 5.99. The molecule has 0 aliphatic rings. The monoisotopic (exact) mass is 345 g/mol. The van der Waals surface area contributed by atoms with Gasteiger partial charge in [0.1, 0.15) is 0 Å². The third-order valence-corrected chi connectivity index (χ3v) is 3.40. The van der Waals surface area contributed by atoms with Crippen LogP contribution in [0.5, 0.6) is 0 Å². The summed E-state index contributed by atoms with van der Waals surface area (Å²) in [4.78, 5) is 10.4. The van der Waals surface area contributed by atoms with E-state index in [0.29, 0.717) is 17.2 Å². The van der Waals surface area contributed by atoms with E-state index in [4.69, 9.17) is 0 Å². The Balaban J connectivity index is 1.88. The second kappa shape index (κ2) is 8.29. The molecule has 3 rings (SSSR count). The van der Waals surface area contributed by atoms with Crippen molar-refractivity contribution in [2.45, 2.75) is 0 Å². The van der Waals surface area contributed by atoms with Crippen LogP contribution < -0.4 is 5.43 Å². The van der Waals surface area contributed by atoms with E-state index in [0.717, 1.165) is 5.56 Å². The summed E-state index contributed by atoms with van der Waals surface area (Å²) < 4.78 is 0. The third-order valence-electron chi connectivity index (χ3n) is 3.40. The van der Waals surface area contributed by atoms with Gasteiger partial charge in [-0.2, -0.15) is 5.10 Å². The maximum absolute atomic E-state index is 10.9. The molecule has 128 valence electrons. The van der Waals surface area contributed by atoms with E-state index in [-0.39, 0.29) is 5.69 Å². The Hall–Kier alpha value is -3.87. The van der Waals surface area contributed by atoms with Crippen molar-refractivity contribution in [2.75, 3.05) is 5.43 Å². The predicted molar refractivity (Wildman–Crippen MR) is 101 cm³/mol. The Morgan fingerprint density at radius 1 is 0.885 bits per heavy atom. The van der Waals surface area contributed by atoms with Crippen molar-refractivity contribution in [3.63, 3.8) is 0 Å². The van der Waals surface area contributed by atoms with Gasteiger partial charge < -0.3 is 0 Å². The molecule has 3 aromatic rings. The Kier molecular flexibility index (Phi) is 5.41. The van der Waals surface area contributed by atoms with Crippen LogP contribution >= 0.6 is 0 Å². The van der Waals surface area contributed by atoms with Gasteiger partial charge in [0, 0.05) is 17.7 Å². The summed E-state index contributed by atoms with van der Waals surface area (Å²) >= 11 is 0. The first-order valence-electron chi connectivity index (χ1n) is 7.83. The lowest BCUT2D eigenvalue weighted by Crippen LogP contribution is -2.01. The Morgan fingerprint density at radius 3 is 2.27 bits per heavy atom. The summed E-state index contributed by atoms with van der Waals surface area (Å²) in [6.45, 7) is 0. The fourth-order valence-corrected chi connectivity index (χ4v) is 2.14. The summed E-state index contributed by atoms with van der Waals surface area (Å²) in [5.74, 6) is 0.362. The van der Waals surface area contributed by atoms with E-state index in [2.05, 4.69) is 20.8 Å². The number of hydrogen-bond donors (Lipinski definition) is 1. The van der Waals surface area contributed by atoms with Gasteiger partial charge in [0.25, 0.3) is 5.69 Å². The van der Waals surface area contributed by atoms with Gasteiger partial charge in [-0.15, -0.1) is 10.2 Å². The number of amidine groups is 1. The first kappa shape index (κ1) is 17.0.